The number of hydrogen-bond acceptors (Lipinski definition) is 3. The molecule has 3 aliphatic carbocycles. The van der Waals surface area contributed by atoms with Crippen LogP contribution >= 0.6 is 0 Å². The van der Waals surface area contributed by atoms with Gasteiger partial charge in [-0.05, 0) is 68.2 Å². The summed E-state index contributed by atoms with van der Waals surface area (Å²) in [4.78, 5) is 13.1. The van der Waals surface area contributed by atoms with E-state index in [9.17, 15) is 4.79 Å². The summed E-state index contributed by atoms with van der Waals surface area (Å²) in [6.45, 7) is 0.547. The molecule has 1 aromatic rings. The second kappa shape index (κ2) is 5.84. The van der Waals surface area contributed by atoms with Crippen LogP contribution in [0.5, 0.6) is 0 Å². The van der Waals surface area contributed by atoms with Crippen molar-refractivity contribution < 1.29 is 9.53 Å². The van der Waals surface area contributed by atoms with E-state index in [2.05, 4.69) is 40.7 Å². The van der Waals surface area contributed by atoms with Gasteiger partial charge in [0.05, 0.1) is 12.8 Å². The summed E-state index contributed by atoms with van der Waals surface area (Å²) < 4.78 is 5.59. The number of nitrogens with one attached hydrogen (secondary N) is 2. The van der Waals surface area contributed by atoms with Crippen LogP contribution < -0.4 is 10.6 Å². The molecule has 5 rings (SSSR count). The van der Waals surface area contributed by atoms with Gasteiger partial charge in [0.25, 0.3) is 0 Å². The zero-order valence-electron chi connectivity index (χ0n) is 15.4. The van der Waals surface area contributed by atoms with Crippen LogP contribution in [0.2, 0.25) is 0 Å². The van der Waals surface area contributed by atoms with E-state index < -0.39 is 5.54 Å². The SMILES string of the molecule is COC1CCC2(CC1)Cc1ccc(C#CC3CC3)cc1C21NCNC1=O. The summed E-state index contributed by atoms with van der Waals surface area (Å²) >= 11 is 0. The van der Waals surface area contributed by atoms with Crippen molar-refractivity contribution in [2.75, 3.05) is 13.8 Å². The van der Waals surface area contributed by atoms with Crippen LogP contribution in [0, 0.1) is 23.2 Å². The van der Waals surface area contributed by atoms with Crippen LogP contribution in [0.1, 0.15) is 55.2 Å². The quantitative estimate of drug-likeness (QED) is 0.765. The fraction of sp³-hybridized carbons (Fsp3) is 0.591. The Kier molecular flexibility index (Phi) is 3.67. The first-order valence-electron chi connectivity index (χ1n) is 9.88. The number of carbonyl (C=O) groups is 1. The molecule has 2 N–H and O–H groups in total. The summed E-state index contributed by atoms with van der Waals surface area (Å²) in [5.41, 5.74) is 2.86. The highest BCUT2D eigenvalue weighted by molar-refractivity contribution is 5.92. The molecule has 136 valence electrons. The molecule has 0 aromatic heterocycles. The minimum atomic E-state index is -0.599. The van der Waals surface area contributed by atoms with Gasteiger partial charge in [0.15, 0.2) is 0 Å². The second-order valence-corrected chi connectivity index (χ2v) is 8.42. The van der Waals surface area contributed by atoms with Crippen LogP contribution in [-0.4, -0.2) is 25.8 Å². The first-order valence-corrected chi connectivity index (χ1v) is 9.88. The summed E-state index contributed by atoms with van der Waals surface area (Å²) in [6.07, 6.45) is 7.84. The first kappa shape index (κ1) is 16.4. The van der Waals surface area contributed by atoms with Gasteiger partial charge < -0.3 is 10.1 Å². The number of hydrogen-bond donors (Lipinski definition) is 2. The average Bonchev–Trinajstić information content (AvgIpc) is 3.36. The van der Waals surface area contributed by atoms with Crippen molar-refractivity contribution in [2.24, 2.45) is 11.3 Å². The number of methoxy groups -OCH3 is 1. The average molecular weight is 350 g/mol. The highest BCUT2D eigenvalue weighted by Crippen LogP contribution is 2.58. The molecule has 3 fully saturated rings. The monoisotopic (exact) mass is 350 g/mol. The lowest BCUT2D eigenvalue weighted by atomic mass is 9.61. The molecule has 1 aromatic carbocycles. The fourth-order valence-corrected chi connectivity index (χ4v) is 5.40. The molecule has 1 heterocycles. The lowest BCUT2D eigenvalue weighted by molar-refractivity contribution is -0.131. The molecule has 2 spiro atoms. The van der Waals surface area contributed by atoms with Gasteiger partial charge >= 0.3 is 0 Å². The molecule has 1 saturated heterocycles. The lowest BCUT2D eigenvalue weighted by Gasteiger charge is -2.46. The molecular formula is C22H26N2O2. The third-order valence-electron chi connectivity index (χ3n) is 7.00. The van der Waals surface area contributed by atoms with Crippen molar-refractivity contribution in [1.82, 2.24) is 10.6 Å². The zero-order chi connectivity index (χ0) is 17.8. The third-order valence-corrected chi connectivity index (χ3v) is 7.00. The van der Waals surface area contributed by atoms with Crippen LogP contribution in [-0.2, 0) is 21.5 Å². The van der Waals surface area contributed by atoms with Gasteiger partial charge in [-0.25, -0.2) is 0 Å². The topological polar surface area (TPSA) is 50.4 Å². The minimum Gasteiger partial charge on any atom is -0.381 e. The van der Waals surface area contributed by atoms with Crippen LogP contribution in [0.4, 0.5) is 0 Å². The Morgan fingerprint density at radius 3 is 2.65 bits per heavy atom. The van der Waals surface area contributed by atoms with Crippen molar-refractivity contribution >= 4 is 5.91 Å². The standard InChI is InChI=1S/C22H26N2O2/c1-26-18-8-10-21(11-9-18)13-17-7-6-16(5-4-15-2-3-15)12-19(17)22(21)20(25)23-14-24-22/h6-7,12,15,18,24H,2-3,8-11,13-14H2,1H3,(H,23,25). The second-order valence-electron chi connectivity index (χ2n) is 8.42. The summed E-state index contributed by atoms with van der Waals surface area (Å²) in [6, 6.07) is 6.52. The normalized spacial score (nSPS) is 35.3. The molecule has 4 heteroatoms. The van der Waals surface area contributed by atoms with E-state index in [0.717, 1.165) is 43.2 Å². The van der Waals surface area contributed by atoms with Crippen LogP contribution in [0.15, 0.2) is 18.2 Å². The molecule has 1 unspecified atom stereocenters. The Morgan fingerprint density at radius 1 is 1.19 bits per heavy atom. The fourth-order valence-electron chi connectivity index (χ4n) is 5.40. The van der Waals surface area contributed by atoms with Crippen molar-refractivity contribution in [3.63, 3.8) is 0 Å². The number of ether oxygens (including phenoxy) is 1. The molecule has 1 atom stereocenters. The molecule has 2 saturated carbocycles. The molecule has 1 aliphatic heterocycles. The van der Waals surface area contributed by atoms with Gasteiger partial charge in [-0.1, -0.05) is 17.9 Å². The molecule has 1 amide bonds. The van der Waals surface area contributed by atoms with Gasteiger partial charge in [-0.3, -0.25) is 10.1 Å². The Bertz CT molecular complexity index is 809. The highest BCUT2D eigenvalue weighted by atomic mass is 16.5. The van der Waals surface area contributed by atoms with E-state index >= 15 is 0 Å². The Labute approximate surface area is 155 Å². The van der Waals surface area contributed by atoms with Gasteiger partial charge in [0.1, 0.15) is 5.54 Å². The van der Waals surface area contributed by atoms with Gasteiger partial charge in [0, 0.05) is 24.0 Å². The number of carbonyl (C=O) groups excluding carboxylic acids is 1. The molecule has 4 aliphatic rings. The molecule has 0 radical (unpaired) electrons. The summed E-state index contributed by atoms with van der Waals surface area (Å²) in [7, 11) is 1.80. The maximum Gasteiger partial charge on any atom is 0.246 e. The smallest absolute Gasteiger partial charge is 0.246 e. The largest absolute Gasteiger partial charge is 0.381 e. The predicted octanol–water partition coefficient (Wildman–Crippen LogP) is 2.45. The predicted molar refractivity (Wildman–Crippen MR) is 99.3 cm³/mol. The molecule has 0 bridgehead atoms. The maximum atomic E-state index is 13.1. The first-order chi connectivity index (χ1) is 12.7. The van der Waals surface area contributed by atoms with Crippen molar-refractivity contribution in [3.8, 4) is 11.8 Å². The van der Waals surface area contributed by atoms with E-state index in [-0.39, 0.29) is 11.3 Å². The van der Waals surface area contributed by atoms with Gasteiger partial charge in [-0.2, -0.15) is 0 Å². The van der Waals surface area contributed by atoms with E-state index in [4.69, 9.17) is 4.74 Å². The molecule has 26 heavy (non-hydrogen) atoms. The number of fused-ring (bicyclic) bond motifs is 3. The van der Waals surface area contributed by atoms with Gasteiger partial charge in [0.2, 0.25) is 5.91 Å². The summed E-state index contributed by atoms with van der Waals surface area (Å²) in [5, 5.41) is 6.64. The maximum absolute atomic E-state index is 13.1. The minimum absolute atomic E-state index is 0.0481. The van der Waals surface area contributed by atoms with Gasteiger partial charge in [-0.15, -0.1) is 0 Å². The van der Waals surface area contributed by atoms with E-state index in [0.29, 0.717) is 18.7 Å². The van der Waals surface area contributed by atoms with E-state index in [1.54, 1.807) is 7.11 Å². The zero-order valence-corrected chi connectivity index (χ0v) is 15.4. The van der Waals surface area contributed by atoms with E-state index in [1.807, 2.05) is 0 Å². The van der Waals surface area contributed by atoms with Crippen LogP contribution in [0.3, 0.4) is 0 Å². The number of rotatable bonds is 1. The number of benzene rings is 1. The van der Waals surface area contributed by atoms with Crippen LogP contribution in [0.25, 0.3) is 0 Å². The number of amides is 1. The van der Waals surface area contributed by atoms with Crippen molar-refractivity contribution in [2.45, 2.75) is 56.6 Å². The Balaban J connectivity index is 1.57. The third kappa shape index (κ3) is 2.27. The Hall–Kier alpha value is -1.83. The Morgan fingerprint density at radius 2 is 2.00 bits per heavy atom. The highest BCUT2D eigenvalue weighted by Gasteiger charge is 2.64. The van der Waals surface area contributed by atoms with Crippen molar-refractivity contribution in [1.29, 1.82) is 0 Å². The van der Waals surface area contributed by atoms with E-state index in [1.165, 1.54) is 18.4 Å². The molecule has 4 nitrogen and oxygen atoms in total. The lowest BCUT2D eigenvalue weighted by Crippen LogP contribution is -2.56. The molecular weight excluding hydrogens is 324 g/mol. The summed E-state index contributed by atoms with van der Waals surface area (Å²) in [5.74, 6) is 7.41. The van der Waals surface area contributed by atoms with Crippen molar-refractivity contribution in [3.05, 3.63) is 34.9 Å².